The molecule has 1 aliphatic heterocycles. The first-order valence-electron chi connectivity index (χ1n) is 9.07. The number of imidazole rings is 1. The summed E-state index contributed by atoms with van der Waals surface area (Å²) in [6, 6.07) is 5.06. The largest absolute Gasteiger partial charge is 0.376 e. The van der Waals surface area contributed by atoms with Gasteiger partial charge in [0.2, 0.25) is 5.91 Å². The second kappa shape index (κ2) is 9.20. The summed E-state index contributed by atoms with van der Waals surface area (Å²) in [6.07, 6.45) is 2.27. The first-order valence-corrected chi connectivity index (χ1v) is 10.1. The maximum Gasteiger partial charge on any atom is 0.269 e. The third-order valence-electron chi connectivity index (χ3n) is 4.59. The number of carbonyl (C=O) groups excluding carboxylic acids is 2. The highest BCUT2D eigenvalue weighted by Crippen LogP contribution is 2.24. The Kier molecular flexibility index (Phi) is 6.69. The topological polar surface area (TPSA) is 85.3 Å². The number of hydrogen-bond acceptors (Lipinski definition) is 5. The fourth-order valence-electron chi connectivity index (χ4n) is 2.91. The number of carbonyl (C=O) groups is 2. The molecule has 2 aromatic rings. The zero-order valence-electron chi connectivity index (χ0n) is 15.8. The van der Waals surface area contributed by atoms with Gasteiger partial charge in [0.1, 0.15) is 5.82 Å². The van der Waals surface area contributed by atoms with Gasteiger partial charge in [0.05, 0.1) is 24.1 Å². The van der Waals surface area contributed by atoms with Crippen molar-refractivity contribution >= 4 is 23.6 Å². The molecule has 1 saturated heterocycles. The summed E-state index contributed by atoms with van der Waals surface area (Å²) in [5, 5.41) is 0.755. The van der Waals surface area contributed by atoms with E-state index in [0.717, 1.165) is 42.5 Å². The lowest BCUT2D eigenvalue weighted by Gasteiger charge is -2.14. The Bertz CT molecular complexity index is 848. The zero-order valence-corrected chi connectivity index (χ0v) is 16.6. The number of ether oxygens (including phenoxy) is 1. The second-order valence-electron chi connectivity index (χ2n) is 6.61. The summed E-state index contributed by atoms with van der Waals surface area (Å²) >= 11 is 1.31. The molecule has 0 aliphatic carbocycles. The number of hydrogen-bond donors (Lipinski definition) is 2. The van der Waals surface area contributed by atoms with Gasteiger partial charge in [-0.2, -0.15) is 0 Å². The molecule has 0 radical (unpaired) electrons. The number of nitrogens with one attached hydrogen (secondary N) is 2. The van der Waals surface area contributed by atoms with Gasteiger partial charge in [-0.05, 0) is 51.0 Å². The molecule has 7 nitrogen and oxygen atoms in total. The SMILES string of the molecule is Cc1nc(SCC(=O)NNC(=O)c2ccc(F)cc2)n(CC2CCCO2)c1C. The van der Waals surface area contributed by atoms with Gasteiger partial charge in [0.25, 0.3) is 5.91 Å². The van der Waals surface area contributed by atoms with Crippen LogP contribution >= 0.6 is 11.8 Å². The van der Waals surface area contributed by atoms with E-state index < -0.39 is 11.7 Å². The fourth-order valence-corrected chi connectivity index (χ4v) is 3.81. The van der Waals surface area contributed by atoms with Gasteiger partial charge in [0, 0.05) is 17.9 Å². The number of aryl methyl sites for hydroxylation is 1. The quantitative estimate of drug-likeness (QED) is 0.568. The number of nitrogens with zero attached hydrogens (tertiary/aromatic N) is 2. The van der Waals surface area contributed by atoms with Crippen molar-refractivity contribution in [2.24, 2.45) is 0 Å². The summed E-state index contributed by atoms with van der Waals surface area (Å²) in [4.78, 5) is 28.6. The number of halogens is 1. The highest BCUT2D eigenvalue weighted by atomic mass is 32.2. The van der Waals surface area contributed by atoms with Gasteiger partial charge in [-0.1, -0.05) is 11.8 Å². The van der Waals surface area contributed by atoms with Crippen molar-refractivity contribution in [3.63, 3.8) is 0 Å². The minimum absolute atomic E-state index is 0.102. The Balaban J connectivity index is 1.52. The van der Waals surface area contributed by atoms with Gasteiger partial charge in [0.15, 0.2) is 5.16 Å². The van der Waals surface area contributed by atoms with Crippen LogP contribution in [0.25, 0.3) is 0 Å². The molecule has 28 heavy (non-hydrogen) atoms. The van der Waals surface area contributed by atoms with Crippen LogP contribution in [-0.2, 0) is 16.1 Å². The molecule has 0 bridgehead atoms. The highest BCUT2D eigenvalue weighted by molar-refractivity contribution is 7.99. The monoisotopic (exact) mass is 406 g/mol. The van der Waals surface area contributed by atoms with Crippen molar-refractivity contribution in [2.45, 2.75) is 44.5 Å². The van der Waals surface area contributed by atoms with Crippen LogP contribution in [0.4, 0.5) is 4.39 Å². The van der Waals surface area contributed by atoms with Crippen molar-refractivity contribution in [2.75, 3.05) is 12.4 Å². The van der Waals surface area contributed by atoms with E-state index in [9.17, 15) is 14.0 Å². The molecule has 2 N–H and O–H groups in total. The molecule has 9 heteroatoms. The third kappa shape index (κ3) is 5.11. The lowest BCUT2D eigenvalue weighted by Crippen LogP contribution is -2.42. The molecule has 1 unspecified atom stereocenters. The van der Waals surface area contributed by atoms with E-state index in [-0.39, 0.29) is 23.3 Å². The lowest BCUT2D eigenvalue weighted by atomic mass is 10.2. The Labute approximate surface area is 167 Å². The number of benzene rings is 1. The average Bonchev–Trinajstić information content (AvgIpc) is 3.29. The number of amides is 2. The van der Waals surface area contributed by atoms with E-state index >= 15 is 0 Å². The van der Waals surface area contributed by atoms with Crippen molar-refractivity contribution in [3.05, 3.63) is 47.0 Å². The molecule has 1 fully saturated rings. The van der Waals surface area contributed by atoms with Crippen LogP contribution in [0.15, 0.2) is 29.4 Å². The van der Waals surface area contributed by atoms with E-state index in [0.29, 0.717) is 0 Å². The van der Waals surface area contributed by atoms with Crippen LogP contribution in [0.2, 0.25) is 0 Å². The third-order valence-corrected chi connectivity index (χ3v) is 5.56. The Morgan fingerprint density at radius 3 is 2.71 bits per heavy atom. The predicted octanol–water partition coefficient (Wildman–Crippen LogP) is 2.37. The standard InChI is InChI=1S/C19H23FN4O3S/c1-12-13(2)24(10-16-4-3-9-27-16)19(21-12)28-11-17(25)22-23-18(26)14-5-7-15(20)8-6-14/h5-8,16H,3-4,9-11H2,1-2H3,(H,22,25)(H,23,26). The van der Waals surface area contributed by atoms with Crippen LogP contribution in [0, 0.1) is 19.7 Å². The fraction of sp³-hybridized carbons (Fsp3) is 0.421. The van der Waals surface area contributed by atoms with Crippen molar-refractivity contribution < 1.29 is 18.7 Å². The molecule has 1 aromatic heterocycles. The number of aromatic nitrogens is 2. The van der Waals surface area contributed by atoms with Crippen LogP contribution in [-0.4, -0.2) is 39.8 Å². The zero-order chi connectivity index (χ0) is 20.1. The lowest BCUT2D eigenvalue weighted by molar-refractivity contribution is -0.119. The molecule has 0 spiro atoms. The molecule has 1 aliphatic rings. The summed E-state index contributed by atoms with van der Waals surface area (Å²) in [6.45, 7) is 5.45. The Morgan fingerprint density at radius 1 is 1.29 bits per heavy atom. The molecule has 1 aromatic carbocycles. The summed E-state index contributed by atoms with van der Waals surface area (Å²) in [5.41, 5.74) is 6.93. The van der Waals surface area contributed by atoms with Gasteiger partial charge < -0.3 is 9.30 Å². The highest BCUT2D eigenvalue weighted by Gasteiger charge is 2.20. The first-order chi connectivity index (χ1) is 13.4. The van der Waals surface area contributed by atoms with Crippen molar-refractivity contribution in [3.8, 4) is 0 Å². The molecule has 0 saturated carbocycles. The van der Waals surface area contributed by atoms with Crippen molar-refractivity contribution in [1.82, 2.24) is 20.4 Å². The minimum Gasteiger partial charge on any atom is -0.376 e. The second-order valence-corrected chi connectivity index (χ2v) is 7.55. The van der Waals surface area contributed by atoms with Crippen LogP contribution in [0.1, 0.15) is 34.6 Å². The predicted molar refractivity (Wildman–Crippen MR) is 103 cm³/mol. The molecule has 150 valence electrons. The van der Waals surface area contributed by atoms with E-state index in [1.807, 2.05) is 13.8 Å². The molecule has 3 rings (SSSR count). The Morgan fingerprint density at radius 2 is 2.04 bits per heavy atom. The molecule has 2 heterocycles. The normalized spacial score (nSPS) is 16.2. The van der Waals surface area contributed by atoms with E-state index in [1.165, 1.54) is 36.0 Å². The van der Waals surface area contributed by atoms with Crippen LogP contribution in [0.3, 0.4) is 0 Å². The van der Waals surface area contributed by atoms with E-state index in [4.69, 9.17) is 4.74 Å². The summed E-state index contributed by atoms with van der Waals surface area (Å²) < 4.78 is 20.7. The van der Waals surface area contributed by atoms with Gasteiger partial charge in [-0.3, -0.25) is 20.4 Å². The maximum absolute atomic E-state index is 12.9. The van der Waals surface area contributed by atoms with Crippen molar-refractivity contribution in [1.29, 1.82) is 0 Å². The number of hydrazine groups is 1. The van der Waals surface area contributed by atoms with Crippen LogP contribution < -0.4 is 10.9 Å². The molecular weight excluding hydrogens is 383 g/mol. The molecule has 1 atom stereocenters. The molecule has 2 amide bonds. The van der Waals surface area contributed by atoms with E-state index in [1.54, 1.807) is 0 Å². The number of rotatable bonds is 6. The summed E-state index contributed by atoms with van der Waals surface area (Å²) in [5.74, 6) is -1.20. The van der Waals surface area contributed by atoms with Gasteiger partial charge in [-0.15, -0.1) is 0 Å². The first kappa shape index (κ1) is 20.3. The van der Waals surface area contributed by atoms with Crippen LogP contribution in [0.5, 0.6) is 0 Å². The van der Waals surface area contributed by atoms with E-state index in [2.05, 4.69) is 20.4 Å². The smallest absolute Gasteiger partial charge is 0.269 e. The minimum atomic E-state index is -0.509. The average molecular weight is 406 g/mol. The maximum atomic E-state index is 12.9. The van der Waals surface area contributed by atoms with Gasteiger partial charge >= 0.3 is 0 Å². The molecular formula is C19H23FN4O3S. The number of thioether (sulfide) groups is 1. The Hall–Kier alpha value is -2.39. The summed E-state index contributed by atoms with van der Waals surface area (Å²) in [7, 11) is 0. The van der Waals surface area contributed by atoms with Gasteiger partial charge in [-0.25, -0.2) is 9.37 Å².